The van der Waals surface area contributed by atoms with E-state index >= 15 is 0 Å². The van der Waals surface area contributed by atoms with Crippen LogP contribution in [0.5, 0.6) is 0 Å². The lowest BCUT2D eigenvalue weighted by atomic mass is 10.0. The van der Waals surface area contributed by atoms with Gasteiger partial charge in [0.2, 0.25) is 0 Å². The Morgan fingerprint density at radius 2 is 1.95 bits per heavy atom. The number of hydrogen-bond donors (Lipinski definition) is 1. The van der Waals surface area contributed by atoms with Crippen molar-refractivity contribution >= 4 is 15.9 Å². The molecule has 0 fully saturated rings. The first-order chi connectivity index (χ1) is 8.96. The smallest absolute Gasteiger partial charge is 0.0893 e. The standard InChI is InChI=1S/C15H20BrN3/c1-15(2,3)17-10-14(12-7-5-4-6-8-12)19-11-13(16)9-18-19/h4-9,11,14,17H,10H2,1-3H3. The molecule has 0 radical (unpaired) electrons. The van der Waals surface area contributed by atoms with Crippen LogP contribution >= 0.6 is 15.9 Å². The molecule has 0 aliphatic heterocycles. The Labute approximate surface area is 123 Å². The Hall–Kier alpha value is -1.13. The number of hydrogen-bond acceptors (Lipinski definition) is 2. The molecule has 0 aliphatic rings. The largest absolute Gasteiger partial charge is 0.310 e. The topological polar surface area (TPSA) is 29.9 Å². The summed E-state index contributed by atoms with van der Waals surface area (Å²) in [5.74, 6) is 0. The first kappa shape index (κ1) is 14.3. The second-order valence-electron chi connectivity index (χ2n) is 5.70. The molecule has 1 aromatic carbocycles. The summed E-state index contributed by atoms with van der Waals surface area (Å²) in [7, 11) is 0. The van der Waals surface area contributed by atoms with Crippen LogP contribution in [-0.2, 0) is 0 Å². The van der Waals surface area contributed by atoms with Gasteiger partial charge in [0, 0.05) is 18.3 Å². The van der Waals surface area contributed by atoms with E-state index in [4.69, 9.17) is 0 Å². The van der Waals surface area contributed by atoms with Crippen molar-refractivity contribution in [3.63, 3.8) is 0 Å². The summed E-state index contributed by atoms with van der Waals surface area (Å²) in [5.41, 5.74) is 1.35. The summed E-state index contributed by atoms with van der Waals surface area (Å²) in [5, 5.41) is 7.97. The van der Waals surface area contributed by atoms with E-state index in [1.165, 1.54) is 5.56 Å². The average Bonchev–Trinajstić information content (AvgIpc) is 2.76. The molecule has 0 saturated heterocycles. The van der Waals surface area contributed by atoms with Crippen LogP contribution in [0.3, 0.4) is 0 Å². The van der Waals surface area contributed by atoms with Crippen molar-refractivity contribution in [2.45, 2.75) is 32.4 Å². The van der Waals surface area contributed by atoms with Gasteiger partial charge in [-0.2, -0.15) is 5.10 Å². The maximum atomic E-state index is 4.42. The van der Waals surface area contributed by atoms with Gasteiger partial charge in [0.05, 0.1) is 16.7 Å². The van der Waals surface area contributed by atoms with Crippen LogP contribution in [0.2, 0.25) is 0 Å². The Bertz CT molecular complexity index is 514. The highest BCUT2D eigenvalue weighted by Gasteiger charge is 2.18. The highest BCUT2D eigenvalue weighted by Crippen LogP contribution is 2.20. The number of halogens is 1. The Morgan fingerprint density at radius 1 is 1.26 bits per heavy atom. The zero-order valence-electron chi connectivity index (χ0n) is 11.6. The zero-order valence-corrected chi connectivity index (χ0v) is 13.2. The van der Waals surface area contributed by atoms with E-state index in [0.29, 0.717) is 0 Å². The van der Waals surface area contributed by atoms with E-state index in [2.05, 4.69) is 71.4 Å². The fourth-order valence-corrected chi connectivity index (χ4v) is 2.23. The van der Waals surface area contributed by atoms with E-state index in [1.54, 1.807) is 0 Å². The predicted molar refractivity (Wildman–Crippen MR) is 82.3 cm³/mol. The minimum atomic E-state index is 0.0947. The molecule has 0 saturated carbocycles. The van der Waals surface area contributed by atoms with Gasteiger partial charge < -0.3 is 5.32 Å². The zero-order chi connectivity index (χ0) is 13.9. The van der Waals surface area contributed by atoms with Gasteiger partial charge >= 0.3 is 0 Å². The normalized spacial score (nSPS) is 13.5. The lowest BCUT2D eigenvalue weighted by Crippen LogP contribution is -2.40. The molecule has 19 heavy (non-hydrogen) atoms. The molecular formula is C15H20BrN3. The van der Waals surface area contributed by atoms with Crippen molar-refractivity contribution in [1.29, 1.82) is 0 Å². The molecule has 3 nitrogen and oxygen atoms in total. The van der Waals surface area contributed by atoms with Crippen LogP contribution < -0.4 is 5.32 Å². The molecule has 1 aromatic heterocycles. The summed E-state index contributed by atoms with van der Waals surface area (Å²) < 4.78 is 3.00. The SMILES string of the molecule is CC(C)(C)NCC(c1ccccc1)n1cc(Br)cn1. The van der Waals surface area contributed by atoms with Crippen LogP contribution in [0.25, 0.3) is 0 Å². The number of rotatable bonds is 4. The predicted octanol–water partition coefficient (Wildman–Crippen LogP) is 3.62. The van der Waals surface area contributed by atoms with E-state index in [-0.39, 0.29) is 11.6 Å². The second kappa shape index (κ2) is 5.88. The van der Waals surface area contributed by atoms with Gasteiger partial charge in [-0.25, -0.2) is 0 Å². The summed E-state index contributed by atoms with van der Waals surface area (Å²) in [6.45, 7) is 7.37. The Kier molecular flexibility index (Phi) is 4.42. The molecule has 1 N–H and O–H groups in total. The summed E-state index contributed by atoms with van der Waals surface area (Å²) >= 11 is 3.46. The maximum Gasteiger partial charge on any atom is 0.0893 e. The van der Waals surface area contributed by atoms with Gasteiger partial charge in [-0.05, 0) is 42.3 Å². The maximum absolute atomic E-state index is 4.42. The molecule has 1 heterocycles. The van der Waals surface area contributed by atoms with Gasteiger partial charge in [-0.15, -0.1) is 0 Å². The fourth-order valence-electron chi connectivity index (χ4n) is 1.93. The highest BCUT2D eigenvalue weighted by molar-refractivity contribution is 9.10. The monoisotopic (exact) mass is 321 g/mol. The van der Waals surface area contributed by atoms with Crippen molar-refractivity contribution in [3.8, 4) is 0 Å². The lowest BCUT2D eigenvalue weighted by Gasteiger charge is -2.26. The highest BCUT2D eigenvalue weighted by atomic mass is 79.9. The van der Waals surface area contributed by atoms with Gasteiger partial charge in [0.1, 0.15) is 0 Å². The molecule has 0 amide bonds. The summed E-state index contributed by atoms with van der Waals surface area (Å²) in [4.78, 5) is 0. The third kappa shape index (κ3) is 4.18. The Balaban J connectivity index is 2.24. The van der Waals surface area contributed by atoms with Gasteiger partial charge in [-0.1, -0.05) is 30.3 Å². The van der Waals surface area contributed by atoms with Crippen molar-refractivity contribution in [2.24, 2.45) is 0 Å². The average molecular weight is 322 g/mol. The van der Waals surface area contributed by atoms with Gasteiger partial charge in [0.25, 0.3) is 0 Å². The van der Waals surface area contributed by atoms with Crippen molar-refractivity contribution in [1.82, 2.24) is 15.1 Å². The van der Waals surface area contributed by atoms with E-state index in [9.17, 15) is 0 Å². The van der Waals surface area contributed by atoms with Crippen LogP contribution in [0.15, 0.2) is 47.2 Å². The third-order valence-corrected chi connectivity index (χ3v) is 3.31. The number of nitrogens with one attached hydrogen (secondary N) is 1. The van der Waals surface area contributed by atoms with E-state index < -0.39 is 0 Å². The quantitative estimate of drug-likeness (QED) is 0.932. The van der Waals surface area contributed by atoms with Crippen LogP contribution in [-0.4, -0.2) is 21.9 Å². The molecule has 4 heteroatoms. The molecule has 1 atom stereocenters. The van der Waals surface area contributed by atoms with Crippen molar-refractivity contribution in [2.75, 3.05) is 6.54 Å². The number of benzene rings is 1. The third-order valence-electron chi connectivity index (χ3n) is 2.90. The first-order valence-corrected chi connectivity index (χ1v) is 7.25. The second-order valence-corrected chi connectivity index (χ2v) is 6.61. The first-order valence-electron chi connectivity index (χ1n) is 6.45. The van der Waals surface area contributed by atoms with Gasteiger partial charge in [-0.3, -0.25) is 4.68 Å². The number of aromatic nitrogens is 2. The van der Waals surface area contributed by atoms with Crippen LogP contribution in [0.1, 0.15) is 32.4 Å². The Morgan fingerprint density at radius 3 is 2.47 bits per heavy atom. The molecular weight excluding hydrogens is 302 g/mol. The molecule has 0 aliphatic carbocycles. The molecule has 1 unspecified atom stereocenters. The minimum absolute atomic E-state index is 0.0947. The van der Waals surface area contributed by atoms with Gasteiger partial charge in [0.15, 0.2) is 0 Å². The van der Waals surface area contributed by atoms with Crippen molar-refractivity contribution in [3.05, 3.63) is 52.8 Å². The fraction of sp³-hybridized carbons (Fsp3) is 0.400. The summed E-state index contributed by atoms with van der Waals surface area (Å²) in [6, 6.07) is 10.7. The molecule has 102 valence electrons. The molecule has 0 spiro atoms. The number of nitrogens with zero attached hydrogens (tertiary/aromatic N) is 2. The van der Waals surface area contributed by atoms with Crippen LogP contribution in [0.4, 0.5) is 0 Å². The van der Waals surface area contributed by atoms with E-state index in [1.807, 2.05) is 23.1 Å². The lowest BCUT2D eigenvalue weighted by molar-refractivity contribution is 0.378. The molecule has 0 bridgehead atoms. The minimum Gasteiger partial charge on any atom is -0.310 e. The summed E-state index contributed by atoms with van der Waals surface area (Å²) in [6.07, 6.45) is 3.84. The molecule has 2 rings (SSSR count). The van der Waals surface area contributed by atoms with Crippen molar-refractivity contribution < 1.29 is 0 Å². The van der Waals surface area contributed by atoms with E-state index in [0.717, 1.165) is 11.0 Å². The molecule has 2 aromatic rings. The van der Waals surface area contributed by atoms with Crippen LogP contribution in [0, 0.1) is 0 Å².